The lowest BCUT2D eigenvalue weighted by Crippen LogP contribution is -2.42. The lowest BCUT2D eigenvalue weighted by molar-refractivity contribution is 0.156. The molecule has 2 aliphatic rings. The second-order valence-corrected chi connectivity index (χ2v) is 8.45. The summed E-state index contributed by atoms with van der Waals surface area (Å²) in [5, 5.41) is 5.64. The van der Waals surface area contributed by atoms with Gasteiger partial charge >= 0.3 is 0 Å². The van der Waals surface area contributed by atoms with Gasteiger partial charge in [-0.3, -0.25) is 4.99 Å². The number of aliphatic imine (C=N–C) groups is 1. The van der Waals surface area contributed by atoms with E-state index in [-0.39, 0.29) is 5.41 Å². The molecule has 0 aliphatic carbocycles. The number of hydrogen-bond donors (Lipinski definition) is 1. The van der Waals surface area contributed by atoms with Gasteiger partial charge in [0.25, 0.3) is 0 Å². The van der Waals surface area contributed by atoms with E-state index in [1.807, 2.05) is 11.3 Å². The third-order valence-corrected chi connectivity index (χ3v) is 6.31. The quantitative estimate of drug-likeness (QED) is 0.678. The minimum absolute atomic E-state index is 0.0860. The van der Waals surface area contributed by atoms with E-state index in [1.165, 1.54) is 17.7 Å². The van der Waals surface area contributed by atoms with Crippen molar-refractivity contribution in [3.63, 3.8) is 0 Å². The third kappa shape index (κ3) is 3.72. The van der Waals surface area contributed by atoms with Crippen LogP contribution in [0.3, 0.4) is 0 Å². The van der Waals surface area contributed by atoms with Crippen LogP contribution in [0.5, 0.6) is 0 Å². The summed E-state index contributed by atoms with van der Waals surface area (Å²) in [4.78, 5) is 8.81. The van der Waals surface area contributed by atoms with Gasteiger partial charge in [0.2, 0.25) is 0 Å². The van der Waals surface area contributed by atoms with Crippen LogP contribution >= 0.6 is 11.3 Å². The second-order valence-electron chi connectivity index (χ2n) is 7.51. The van der Waals surface area contributed by atoms with Crippen LogP contribution in [-0.4, -0.2) is 50.3 Å². The standard InChI is InChI=1S/C18H29N3OS/c1-4-19-16(20-12-17(2,3)15-6-5-11-23-15)21-9-7-18(13-21)8-10-22-14-18/h5-6,11H,4,7-10,12-14H2,1-3H3,(H,19,20). The summed E-state index contributed by atoms with van der Waals surface area (Å²) in [5.74, 6) is 1.07. The van der Waals surface area contributed by atoms with E-state index in [4.69, 9.17) is 9.73 Å². The molecule has 3 heterocycles. The maximum atomic E-state index is 5.65. The van der Waals surface area contributed by atoms with Crippen molar-refractivity contribution >= 4 is 17.3 Å². The van der Waals surface area contributed by atoms with Crippen molar-refractivity contribution in [3.05, 3.63) is 22.4 Å². The van der Waals surface area contributed by atoms with Crippen LogP contribution in [0.2, 0.25) is 0 Å². The molecule has 0 amide bonds. The van der Waals surface area contributed by atoms with Crippen molar-refractivity contribution in [3.8, 4) is 0 Å². The normalized spacial score (nSPS) is 25.5. The first-order chi connectivity index (χ1) is 11.0. The predicted molar refractivity (Wildman–Crippen MR) is 97.4 cm³/mol. The number of thiophene rings is 1. The van der Waals surface area contributed by atoms with Gasteiger partial charge in [-0.25, -0.2) is 0 Å². The molecule has 3 rings (SSSR count). The van der Waals surface area contributed by atoms with E-state index >= 15 is 0 Å². The van der Waals surface area contributed by atoms with Crippen molar-refractivity contribution in [1.82, 2.24) is 10.2 Å². The summed E-state index contributed by atoms with van der Waals surface area (Å²) >= 11 is 1.82. The fourth-order valence-corrected chi connectivity index (χ4v) is 4.37. The lowest BCUT2D eigenvalue weighted by Gasteiger charge is -2.27. The van der Waals surface area contributed by atoms with Crippen molar-refractivity contribution in [1.29, 1.82) is 0 Å². The molecule has 0 radical (unpaired) electrons. The van der Waals surface area contributed by atoms with Gasteiger partial charge in [0, 0.05) is 41.9 Å². The fraction of sp³-hybridized carbons (Fsp3) is 0.722. The van der Waals surface area contributed by atoms with Crippen LogP contribution in [0.1, 0.15) is 38.5 Å². The molecule has 1 unspecified atom stereocenters. The van der Waals surface area contributed by atoms with Gasteiger partial charge in [-0.05, 0) is 31.2 Å². The minimum Gasteiger partial charge on any atom is -0.381 e. The van der Waals surface area contributed by atoms with Gasteiger partial charge in [-0.15, -0.1) is 11.3 Å². The van der Waals surface area contributed by atoms with Gasteiger partial charge in [0.05, 0.1) is 13.2 Å². The largest absolute Gasteiger partial charge is 0.381 e. The molecule has 1 atom stereocenters. The summed E-state index contributed by atoms with van der Waals surface area (Å²) in [6, 6.07) is 4.34. The summed E-state index contributed by atoms with van der Waals surface area (Å²) in [5.41, 5.74) is 0.460. The molecule has 1 spiro atoms. The number of rotatable bonds is 4. The Bertz CT molecular complexity index is 532. The highest BCUT2D eigenvalue weighted by Crippen LogP contribution is 2.38. The van der Waals surface area contributed by atoms with Crippen LogP contribution in [0.15, 0.2) is 22.5 Å². The van der Waals surface area contributed by atoms with Crippen LogP contribution in [-0.2, 0) is 10.2 Å². The molecule has 1 aromatic rings. The molecule has 0 aromatic carbocycles. The van der Waals surface area contributed by atoms with Crippen molar-refractivity contribution in [2.24, 2.45) is 10.4 Å². The number of guanidine groups is 1. The molecule has 0 saturated carbocycles. The van der Waals surface area contributed by atoms with Crippen molar-refractivity contribution < 1.29 is 4.74 Å². The van der Waals surface area contributed by atoms with Gasteiger partial charge in [0.1, 0.15) is 0 Å². The maximum Gasteiger partial charge on any atom is 0.193 e. The molecule has 0 bridgehead atoms. The first kappa shape index (κ1) is 16.8. The first-order valence-electron chi connectivity index (χ1n) is 8.70. The molecule has 5 heteroatoms. The first-order valence-corrected chi connectivity index (χ1v) is 9.58. The van der Waals surface area contributed by atoms with E-state index in [0.29, 0.717) is 5.41 Å². The minimum atomic E-state index is 0.0860. The van der Waals surface area contributed by atoms with Crippen molar-refractivity contribution in [2.75, 3.05) is 39.4 Å². The highest BCUT2D eigenvalue weighted by molar-refractivity contribution is 7.10. The molecule has 2 aliphatic heterocycles. The molecular formula is C18H29N3OS. The highest BCUT2D eigenvalue weighted by atomic mass is 32.1. The maximum absolute atomic E-state index is 5.65. The number of ether oxygens (including phenoxy) is 1. The second kappa shape index (κ2) is 6.81. The molecule has 2 fully saturated rings. The molecule has 23 heavy (non-hydrogen) atoms. The van der Waals surface area contributed by atoms with E-state index in [2.05, 4.69) is 48.5 Å². The van der Waals surface area contributed by atoms with Crippen LogP contribution in [0.25, 0.3) is 0 Å². The average Bonchev–Trinajstić information content (AvgIpc) is 3.27. The molecule has 1 aromatic heterocycles. The Hall–Kier alpha value is -1.07. The van der Waals surface area contributed by atoms with Gasteiger partial charge < -0.3 is 15.0 Å². The van der Waals surface area contributed by atoms with E-state index in [1.54, 1.807) is 0 Å². The third-order valence-electron chi connectivity index (χ3n) is 5.07. The molecular weight excluding hydrogens is 306 g/mol. The summed E-state index contributed by atoms with van der Waals surface area (Å²) in [7, 11) is 0. The highest BCUT2D eigenvalue weighted by Gasteiger charge is 2.42. The van der Waals surface area contributed by atoms with Crippen molar-refractivity contribution in [2.45, 2.75) is 39.0 Å². The Kier molecular flexibility index (Phi) is 4.97. The Morgan fingerprint density at radius 3 is 3.00 bits per heavy atom. The summed E-state index contributed by atoms with van der Waals surface area (Å²) < 4.78 is 5.65. The van der Waals surface area contributed by atoms with Gasteiger partial charge in [0.15, 0.2) is 5.96 Å². The fourth-order valence-electron chi connectivity index (χ4n) is 3.53. The van der Waals surface area contributed by atoms with E-state index in [0.717, 1.165) is 45.4 Å². The number of nitrogens with zero attached hydrogens (tertiary/aromatic N) is 2. The van der Waals surface area contributed by atoms with Gasteiger partial charge in [-0.2, -0.15) is 0 Å². The number of likely N-dealkylation sites (tertiary alicyclic amines) is 1. The Balaban J connectivity index is 1.69. The predicted octanol–water partition coefficient (Wildman–Crippen LogP) is 3.10. The van der Waals surface area contributed by atoms with E-state index < -0.39 is 0 Å². The number of nitrogens with one attached hydrogen (secondary N) is 1. The SMILES string of the molecule is CCNC(=NCC(C)(C)c1cccs1)N1CCC2(CCOC2)C1. The zero-order valence-electron chi connectivity index (χ0n) is 14.6. The lowest BCUT2D eigenvalue weighted by atomic mass is 9.87. The van der Waals surface area contributed by atoms with Crippen LogP contribution in [0, 0.1) is 5.41 Å². The van der Waals surface area contributed by atoms with Gasteiger partial charge in [-0.1, -0.05) is 19.9 Å². The summed E-state index contributed by atoms with van der Waals surface area (Å²) in [6.07, 6.45) is 2.43. The monoisotopic (exact) mass is 335 g/mol. The zero-order valence-corrected chi connectivity index (χ0v) is 15.4. The summed E-state index contributed by atoms with van der Waals surface area (Å²) in [6.45, 7) is 12.5. The molecule has 1 N–H and O–H groups in total. The molecule has 128 valence electrons. The average molecular weight is 336 g/mol. The Labute approximate surface area is 143 Å². The number of hydrogen-bond acceptors (Lipinski definition) is 3. The Morgan fingerprint density at radius 2 is 2.35 bits per heavy atom. The van der Waals surface area contributed by atoms with Crippen LogP contribution < -0.4 is 5.32 Å². The van der Waals surface area contributed by atoms with E-state index in [9.17, 15) is 0 Å². The molecule has 4 nitrogen and oxygen atoms in total. The zero-order chi connectivity index (χ0) is 16.3. The smallest absolute Gasteiger partial charge is 0.193 e. The topological polar surface area (TPSA) is 36.9 Å². The Morgan fingerprint density at radius 1 is 1.48 bits per heavy atom. The van der Waals surface area contributed by atoms with Crippen LogP contribution in [0.4, 0.5) is 0 Å². The molecule has 2 saturated heterocycles.